The second-order valence-corrected chi connectivity index (χ2v) is 8.61. The van der Waals surface area contributed by atoms with Crippen molar-refractivity contribution in [1.82, 2.24) is 9.88 Å². The Morgan fingerprint density at radius 3 is 2.18 bits per heavy atom. The SMILES string of the molecule is C[C@H](c1ccccc1)N1C(=O)c2ccccc2[C@@H]1c1c(-c2ccccc2)[nH]c2ccccc12. The van der Waals surface area contributed by atoms with E-state index in [1.807, 2.05) is 42.5 Å². The number of carbonyl (C=O) groups excluding carboxylic acids is 1. The van der Waals surface area contributed by atoms with E-state index in [-0.39, 0.29) is 18.0 Å². The maximum absolute atomic E-state index is 13.8. The van der Waals surface area contributed by atoms with Crippen LogP contribution in [0.2, 0.25) is 0 Å². The Morgan fingerprint density at radius 2 is 1.39 bits per heavy atom. The number of para-hydroxylation sites is 1. The highest BCUT2D eigenvalue weighted by molar-refractivity contribution is 6.02. The zero-order valence-electron chi connectivity index (χ0n) is 18.4. The minimum absolute atomic E-state index is 0.0756. The van der Waals surface area contributed by atoms with Gasteiger partial charge in [-0.15, -0.1) is 0 Å². The molecule has 4 aromatic carbocycles. The van der Waals surface area contributed by atoms with E-state index in [0.29, 0.717) is 0 Å². The third kappa shape index (κ3) is 3.08. The maximum Gasteiger partial charge on any atom is 0.255 e. The minimum atomic E-state index is -0.185. The second kappa shape index (κ2) is 7.79. The number of benzene rings is 4. The number of nitrogens with zero attached hydrogens (tertiary/aromatic N) is 1. The summed E-state index contributed by atoms with van der Waals surface area (Å²) < 4.78 is 0. The number of rotatable bonds is 4. The van der Waals surface area contributed by atoms with Crippen LogP contribution in [0, 0.1) is 0 Å². The lowest BCUT2D eigenvalue weighted by Crippen LogP contribution is -2.31. The Balaban J connectivity index is 1.63. The molecular weight excluding hydrogens is 404 g/mol. The van der Waals surface area contributed by atoms with Gasteiger partial charge >= 0.3 is 0 Å². The molecule has 160 valence electrons. The number of aromatic nitrogens is 1. The summed E-state index contributed by atoms with van der Waals surface area (Å²) in [4.78, 5) is 19.5. The molecular formula is C30H24N2O. The molecule has 1 amide bonds. The summed E-state index contributed by atoms with van der Waals surface area (Å²) in [5, 5.41) is 1.15. The maximum atomic E-state index is 13.8. The molecule has 1 aliphatic rings. The number of hydrogen-bond donors (Lipinski definition) is 1. The van der Waals surface area contributed by atoms with Crippen molar-refractivity contribution in [3.8, 4) is 11.3 Å². The third-order valence-electron chi connectivity index (χ3n) is 6.78. The first kappa shape index (κ1) is 19.6. The van der Waals surface area contributed by atoms with Crippen LogP contribution in [0.15, 0.2) is 109 Å². The van der Waals surface area contributed by atoms with E-state index in [1.165, 1.54) is 0 Å². The quantitative estimate of drug-likeness (QED) is 0.324. The molecule has 1 aromatic heterocycles. The van der Waals surface area contributed by atoms with Crippen molar-refractivity contribution in [2.45, 2.75) is 19.0 Å². The lowest BCUT2D eigenvalue weighted by molar-refractivity contribution is 0.0678. The Bertz CT molecular complexity index is 1450. The number of nitrogens with one attached hydrogen (secondary N) is 1. The van der Waals surface area contributed by atoms with Crippen molar-refractivity contribution in [1.29, 1.82) is 0 Å². The first-order valence-electron chi connectivity index (χ1n) is 11.4. The second-order valence-electron chi connectivity index (χ2n) is 8.61. The van der Waals surface area contributed by atoms with Gasteiger partial charge in [0.2, 0.25) is 0 Å². The van der Waals surface area contributed by atoms with Crippen LogP contribution < -0.4 is 0 Å². The highest BCUT2D eigenvalue weighted by atomic mass is 16.2. The van der Waals surface area contributed by atoms with Crippen molar-refractivity contribution in [2.24, 2.45) is 0 Å². The molecule has 2 atom stereocenters. The molecule has 3 heteroatoms. The van der Waals surface area contributed by atoms with E-state index < -0.39 is 0 Å². The van der Waals surface area contributed by atoms with Crippen LogP contribution in [-0.4, -0.2) is 15.8 Å². The molecule has 1 N–H and O–H groups in total. The summed E-state index contributed by atoms with van der Waals surface area (Å²) in [6.07, 6.45) is 0. The van der Waals surface area contributed by atoms with Crippen LogP contribution in [0.3, 0.4) is 0 Å². The standard InChI is InChI=1S/C30H24N2O/c1-20(21-12-4-2-5-13-21)32-29(23-16-8-9-17-24(23)30(32)33)27-25-18-10-11-19-26(25)31-28(27)22-14-6-3-7-15-22/h2-20,29,31H,1H3/t20-,29-/m1/s1. The number of amides is 1. The number of hydrogen-bond acceptors (Lipinski definition) is 1. The molecule has 0 saturated carbocycles. The van der Waals surface area contributed by atoms with Gasteiger partial charge in [0.15, 0.2) is 0 Å². The molecule has 0 spiro atoms. The van der Waals surface area contributed by atoms with Crippen LogP contribution in [0.25, 0.3) is 22.2 Å². The fourth-order valence-electron chi connectivity index (χ4n) is 5.20. The normalized spacial score (nSPS) is 16.2. The van der Waals surface area contributed by atoms with Gasteiger partial charge in [-0.05, 0) is 35.7 Å². The van der Waals surface area contributed by atoms with E-state index in [0.717, 1.165) is 44.4 Å². The Labute approximate surface area is 193 Å². The Kier molecular flexibility index (Phi) is 4.62. The van der Waals surface area contributed by atoms with Crippen LogP contribution in [-0.2, 0) is 0 Å². The van der Waals surface area contributed by atoms with E-state index in [1.54, 1.807) is 0 Å². The Morgan fingerprint density at radius 1 is 0.758 bits per heavy atom. The van der Waals surface area contributed by atoms with Gasteiger partial charge in [-0.3, -0.25) is 4.79 Å². The summed E-state index contributed by atoms with van der Waals surface area (Å²) in [5.41, 5.74) is 7.39. The highest BCUT2D eigenvalue weighted by Gasteiger charge is 2.42. The van der Waals surface area contributed by atoms with E-state index in [4.69, 9.17) is 0 Å². The van der Waals surface area contributed by atoms with Crippen LogP contribution in [0.5, 0.6) is 0 Å². The number of aromatic amines is 1. The molecule has 0 saturated heterocycles. The van der Waals surface area contributed by atoms with Gasteiger partial charge in [0.05, 0.1) is 17.8 Å². The lowest BCUT2D eigenvalue weighted by atomic mass is 9.92. The molecule has 3 nitrogen and oxygen atoms in total. The summed E-state index contributed by atoms with van der Waals surface area (Å²) in [5.74, 6) is 0.0799. The smallest absolute Gasteiger partial charge is 0.255 e. The van der Waals surface area contributed by atoms with Gasteiger partial charge in [0.1, 0.15) is 0 Å². The van der Waals surface area contributed by atoms with E-state index in [9.17, 15) is 4.79 Å². The zero-order valence-corrected chi connectivity index (χ0v) is 18.4. The number of fused-ring (bicyclic) bond motifs is 2. The first-order chi connectivity index (χ1) is 16.2. The highest BCUT2D eigenvalue weighted by Crippen LogP contribution is 2.48. The molecule has 1 aliphatic heterocycles. The summed E-state index contributed by atoms with van der Waals surface area (Å²) in [6, 6.07) is 36.9. The van der Waals surface area contributed by atoms with Crippen molar-refractivity contribution >= 4 is 16.8 Å². The largest absolute Gasteiger partial charge is 0.354 e. The molecule has 0 fully saturated rings. The van der Waals surface area contributed by atoms with Crippen LogP contribution >= 0.6 is 0 Å². The Hall–Kier alpha value is -4.11. The average Bonchev–Trinajstić information content (AvgIpc) is 3.40. The van der Waals surface area contributed by atoms with Gasteiger partial charge < -0.3 is 9.88 Å². The number of H-pyrrole nitrogens is 1. The lowest BCUT2D eigenvalue weighted by Gasteiger charge is -2.32. The van der Waals surface area contributed by atoms with Crippen molar-refractivity contribution in [3.05, 3.63) is 131 Å². The predicted molar refractivity (Wildman–Crippen MR) is 133 cm³/mol. The molecule has 6 rings (SSSR count). The van der Waals surface area contributed by atoms with Gasteiger partial charge in [-0.1, -0.05) is 97.1 Å². The summed E-state index contributed by atoms with van der Waals surface area (Å²) in [6.45, 7) is 2.13. The molecule has 2 heterocycles. The van der Waals surface area contributed by atoms with Crippen molar-refractivity contribution < 1.29 is 4.79 Å². The molecule has 0 radical (unpaired) electrons. The van der Waals surface area contributed by atoms with Gasteiger partial charge in [0, 0.05) is 22.0 Å². The number of carbonyl (C=O) groups is 1. The monoisotopic (exact) mass is 428 g/mol. The molecule has 0 aliphatic carbocycles. The molecule has 33 heavy (non-hydrogen) atoms. The average molecular weight is 429 g/mol. The summed E-state index contributed by atoms with van der Waals surface area (Å²) >= 11 is 0. The summed E-state index contributed by atoms with van der Waals surface area (Å²) in [7, 11) is 0. The fourth-order valence-corrected chi connectivity index (χ4v) is 5.20. The topological polar surface area (TPSA) is 36.1 Å². The third-order valence-corrected chi connectivity index (χ3v) is 6.78. The first-order valence-corrected chi connectivity index (χ1v) is 11.4. The van der Waals surface area contributed by atoms with Crippen molar-refractivity contribution in [2.75, 3.05) is 0 Å². The van der Waals surface area contributed by atoms with Crippen molar-refractivity contribution in [3.63, 3.8) is 0 Å². The van der Waals surface area contributed by atoms with Crippen LogP contribution in [0.4, 0.5) is 0 Å². The van der Waals surface area contributed by atoms with Gasteiger partial charge in [-0.25, -0.2) is 0 Å². The van der Waals surface area contributed by atoms with E-state index in [2.05, 4.69) is 83.5 Å². The van der Waals surface area contributed by atoms with Crippen LogP contribution in [0.1, 0.15) is 46.1 Å². The zero-order chi connectivity index (χ0) is 22.4. The van der Waals surface area contributed by atoms with Gasteiger partial charge in [0.25, 0.3) is 5.91 Å². The minimum Gasteiger partial charge on any atom is -0.354 e. The molecule has 5 aromatic rings. The van der Waals surface area contributed by atoms with Gasteiger partial charge in [-0.2, -0.15) is 0 Å². The fraction of sp³-hybridized carbons (Fsp3) is 0.100. The van der Waals surface area contributed by atoms with E-state index >= 15 is 0 Å². The molecule has 0 unspecified atom stereocenters. The predicted octanol–water partition coefficient (Wildman–Crippen LogP) is 7.14. The molecule has 0 bridgehead atoms.